The molecule has 1 aromatic carbocycles. The minimum Gasteiger partial charge on any atom is -0.497 e. The Bertz CT molecular complexity index is 403. The summed E-state index contributed by atoms with van der Waals surface area (Å²) in [6.07, 6.45) is 2.04. The third-order valence-electron chi connectivity index (χ3n) is 3.41. The van der Waals surface area contributed by atoms with Crippen molar-refractivity contribution in [3.05, 3.63) is 23.8 Å². The Hall–Kier alpha value is -1.25. The molecule has 2 nitrogen and oxygen atoms in total. The van der Waals surface area contributed by atoms with Gasteiger partial charge in [-0.1, -0.05) is 18.5 Å². The van der Waals surface area contributed by atoms with Crippen molar-refractivity contribution in [3.8, 4) is 5.75 Å². The fourth-order valence-corrected chi connectivity index (χ4v) is 2.10. The first-order valence-electron chi connectivity index (χ1n) is 5.21. The molecule has 0 amide bonds. The van der Waals surface area contributed by atoms with Crippen molar-refractivity contribution in [1.29, 1.82) is 0 Å². The van der Waals surface area contributed by atoms with E-state index in [9.17, 15) is 4.79 Å². The van der Waals surface area contributed by atoms with Crippen LogP contribution < -0.4 is 10.2 Å². The van der Waals surface area contributed by atoms with Crippen molar-refractivity contribution in [2.24, 2.45) is 5.41 Å². The minimum absolute atomic E-state index is 0.142. The lowest BCUT2D eigenvalue weighted by atomic mass is 9.86. The van der Waals surface area contributed by atoms with Crippen LogP contribution in [0.1, 0.15) is 24.8 Å². The Balaban J connectivity index is 2.33. The van der Waals surface area contributed by atoms with Gasteiger partial charge in [0.2, 0.25) is 0 Å². The maximum absolute atomic E-state index is 10.9. The first kappa shape index (κ1) is 10.3. The second-order valence-electron chi connectivity index (χ2n) is 4.60. The largest absolute Gasteiger partial charge is 0.497 e. The standard InChI is InChI=1S/C12H15BO2/c1-12(7-14)6-10(12)9-5-8(15-2)3-4-11(9)13/h3-5,7,10H,6,13H2,1-2H3. The average Bonchev–Trinajstić information content (AvgIpc) is 2.92. The van der Waals surface area contributed by atoms with E-state index in [4.69, 9.17) is 4.74 Å². The Labute approximate surface area is 91.0 Å². The van der Waals surface area contributed by atoms with Gasteiger partial charge in [0.1, 0.15) is 19.9 Å². The molecule has 1 fully saturated rings. The van der Waals surface area contributed by atoms with Crippen molar-refractivity contribution in [3.63, 3.8) is 0 Å². The molecule has 1 aliphatic carbocycles. The zero-order chi connectivity index (χ0) is 11.1. The minimum atomic E-state index is -0.142. The quantitative estimate of drug-likeness (QED) is 0.531. The smallest absolute Gasteiger partial charge is 0.139 e. The SMILES string of the molecule is Bc1ccc(OC)cc1C1CC1(C)C=O. The lowest BCUT2D eigenvalue weighted by molar-refractivity contribution is -0.111. The van der Waals surface area contributed by atoms with Gasteiger partial charge in [-0.05, 0) is 30.0 Å². The van der Waals surface area contributed by atoms with Gasteiger partial charge in [0.15, 0.2) is 0 Å². The second kappa shape index (κ2) is 3.40. The highest BCUT2D eigenvalue weighted by Gasteiger charge is 2.51. The van der Waals surface area contributed by atoms with E-state index in [1.54, 1.807) is 7.11 Å². The van der Waals surface area contributed by atoms with Gasteiger partial charge in [-0.25, -0.2) is 0 Å². The summed E-state index contributed by atoms with van der Waals surface area (Å²) in [5.41, 5.74) is 2.35. The van der Waals surface area contributed by atoms with Gasteiger partial charge in [0.05, 0.1) is 7.11 Å². The summed E-state index contributed by atoms with van der Waals surface area (Å²) in [5, 5.41) is 0. The van der Waals surface area contributed by atoms with Crippen LogP contribution in [0.4, 0.5) is 0 Å². The number of ether oxygens (including phenoxy) is 1. The van der Waals surface area contributed by atoms with E-state index in [2.05, 4.69) is 20.0 Å². The molecule has 0 radical (unpaired) electrons. The number of carbonyl (C=O) groups is 1. The van der Waals surface area contributed by atoms with Crippen LogP contribution in [0.15, 0.2) is 18.2 Å². The predicted octanol–water partition coefficient (Wildman–Crippen LogP) is 0.646. The topological polar surface area (TPSA) is 26.3 Å². The highest BCUT2D eigenvalue weighted by molar-refractivity contribution is 6.33. The van der Waals surface area contributed by atoms with Crippen LogP contribution in [0.25, 0.3) is 0 Å². The van der Waals surface area contributed by atoms with Crippen LogP contribution in [0.3, 0.4) is 0 Å². The molecule has 0 saturated heterocycles. The molecular weight excluding hydrogens is 187 g/mol. The molecule has 0 aromatic heterocycles. The van der Waals surface area contributed by atoms with Gasteiger partial charge in [0.25, 0.3) is 0 Å². The molecule has 1 aromatic rings. The number of methoxy groups -OCH3 is 1. The number of aldehydes is 1. The molecule has 0 spiro atoms. The third-order valence-corrected chi connectivity index (χ3v) is 3.41. The molecule has 2 atom stereocenters. The van der Waals surface area contributed by atoms with E-state index < -0.39 is 0 Å². The number of carbonyl (C=O) groups excluding carboxylic acids is 1. The van der Waals surface area contributed by atoms with Gasteiger partial charge in [-0.2, -0.15) is 0 Å². The molecule has 2 rings (SSSR count). The van der Waals surface area contributed by atoms with Crippen LogP contribution in [0.5, 0.6) is 5.75 Å². The van der Waals surface area contributed by atoms with Gasteiger partial charge in [-0.3, -0.25) is 0 Å². The Morgan fingerprint density at radius 2 is 2.33 bits per heavy atom. The number of rotatable bonds is 3. The highest BCUT2D eigenvalue weighted by atomic mass is 16.5. The molecule has 0 heterocycles. The molecule has 1 saturated carbocycles. The summed E-state index contributed by atoms with van der Waals surface area (Å²) >= 11 is 0. The van der Waals surface area contributed by atoms with Crippen molar-refractivity contribution in [2.75, 3.05) is 7.11 Å². The summed E-state index contributed by atoms with van der Waals surface area (Å²) < 4.78 is 5.20. The number of hydrogen-bond acceptors (Lipinski definition) is 2. The van der Waals surface area contributed by atoms with Crippen LogP contribution in [0.2, 0.25) is 0 Å². The normalized spacial score (nSPS) is 28.5. The monoisotopic (exact) mass is 202 g/mol. The fraction of sp³-hybridized carbons (Fsp3) is 0.417. The van der Waals surface area contributed by atoms with Crippen LogP contribution >= 0.6 is 0 Å². The van der Waals surface area contributed by atoms with Crippen molar-refractivity contribution < 1.29 is 9.53 Å². The summed E-state index contributed by atoms with van der Waals surface area (Å²) in [5.74, 6) is 1.25. The van der Waals surface area contributed by atoms with Gasteiger partial charge >= 0.3 is 0 Å². The number of benzene rings is 1. The van der Waals surface area contributed by atoms with E-state index in [1.807, 2.05) is 13.0 Å². The lowest BCUT2D eigenvalue weighted by Gasteiger charge is -2.09. The molecule has 0 N–H and O–H groups in total. The first-order valence-corrected chi connectivity index (χ1v) is 5.21. The summed E-state index contributed by atoms with van der Waals surface area (Å²) in [7, 11) is 3.75. The van der Waals surface area contributed by atoms with Gasteiger partial charge < -0.3 is 9.53 Å². The molecule has 0 bridgehead atoms. The lowest BCUT2D eigenvalue weighted by Crippen LogP contribution is -2.12. The zero-order valence-electron chi connectivity index (χ0n) is 9.41. The summed E-state index contributed by atoms with van der Waals surface area (Å²) in [6, 6.07) is 6.06. The highest BCUT2D eigenvalue weighted by Crippen LogP contribution is 2.57. The number of hydrogen-bond donors (Lipinski definition) is 0. The molecular formula is C12H15BO2. The molecule has 3 heteroatoms. The Morgan fingerprint density at radius 1 is 1.60 bits per heavy atom. The maximum atomic E-state index is 10.9. The average molecular weight is 202 g/mol. The van der Waals surface area contributed by atoms with Crippen LogP contribution in [0, 0.1) is 5.41 Å². The Morgan fingerprint density at radius 3 is 2.87 bits per heavy atom. The van der Waals surface area contributed by atoms with Gasteiger partial charge in [0, 0.05) is 5.41 Å². The van der Waals surface area contributed by atoms with E-state index >= 15 is 0 Å². The molecule has 15 heavy (non-hydrogen) atoms. The van der Waals surface area contributed by atoms with Crippen molar-refractivity contribution >= 4 is 19.6 Å². The van der Waals surface area contributed by atoms with E-state index in [1.165, 1.54) is 11.0 Å². The third kappa shape index (κ3) is 1.67. The van der Waals surface area contributed by atoms with E-state index in [0.717, 1.165) is 18.5 Å². The van der Waals surface area contributed by atoms with Crippen LogP contribution in [-0.4, -0.2) is 21.2 Å². The fourth-order valence-electron chi connectivity index (χ4n) is 2.10. The van der Waals surface area contributed by atoms with E-state index in [0.29, 0.717) is 5.92 Å². The molecule has 2 unspecified atom stereocenters. The molecule has 78 valence electrons. The van der Waals surface area contributed by atoms with E-state index in [-0.39, 0.29) is 5.41 Å². The van der Waals surface area contributed by atoms with Crippen molar-refractivity contribution in [2.45, 2.75) is 19.3 Å². The summed E-state index contributed by atoms with van der Waals surface area (Å²) in [4.78, 5) is 10.9. The molecule has 1 aliphatic rings. The zero-order valence-corrected chi connectivity index (χ0v) is 9.41. The second-order valence-corrected chi connectivity index (χ2v) is 4.60. The van der Waals surface area contributed by atoms with Gasteiger partial charge in [-0.15, -0.1) is 0 Å². The predicted molar refractivity (Wildman–Crippen MR) is 62.7 cm³/mol. The van der Waals surface area contributed by atoms with Crippen molar-refractivity contribution in [1.82, 2.24) is 0 Å². The maximum Gasteiger partial charge on any atom is 0.139 e. The first-order chi connectivity index (χ1) is 7.10. The molecule has 0 aliphatic heterocycles. The summed E-state index contributed by atoms with van der Waals surface area (Å²) in [6.45, 7) is 2.02. The Kier molecular flexibility index (Phi) is 2.33. The van der Waals surface area contributed by atoms with Crippen LogP contribution in [-0.2, 0) is 4.79 Å².